The van der Waals surface area contributed by atoms with E-state index in [1.165, 1.54) is 48.5 Å². The van der Waals surface area contributed by atoms with E-state index in [-0.39, 0.29) is 6.04 Å². The molecule has 0 spiro atoms. The molecule has 1 unspecified atom stereocenters. The average Bonchev–Trinajstić information content (AvgIpc) is 2.86. The van der Waals surface area contributed by atoms with Crippen molar-refractivity contribution in [1.82, 2.24) is 15.0 Å². The Labute approximate surface area is 113 Å². The van der Waals surface area contributed by atoms with Crippen LogP contribution in [0.1, 0.15) is 74.9 Å². The van der Waals surface area contributed by atoms with Gasteiger partial charge in [-0.15, -0.1) is 5.10 Å². The van der Waals surface area contributed by atoms with Gasteiger partial charge in [-0.1, -0.05) is 50.4 Å². The molecule has 3 N–H and O–H groups in total. The van der Waals surface area contributed by atoms with Crippen molar-refractivity contribution in [3.8, 4) is 0 Å². The number of hydrogen-bond acceptors (Lipinski definition) is 5. The molecule has 18 heavy (non-hydrogen) atoms. The van der Waals surface area contributed by atoms with Crippen LogP contribution >= 0.6 is 11.5 Å². The second-order valence-electron chi connectivity index (χ2n) is 5.64. The number of hydrogen-bond donors (Lipinski definition) is 2. The Morgan fingerprint density at radius 2 is 2.06 bits per heavy atom. The summed E-state index contributed by atoms with van der Waals surface area (Å²) in [6.07, 6.45) is 7.97. The Morgan fingerprint density at radius 3 is 2.67 bits per heavy atom. The van der Waals surface area contributed by atoms with Crippen molar-refractivity contribution >= 4 is 11.5 Å². The van der Waals surface area contributed by atoms with Gasteiger partial charge < -0.3 is 0 Å². The van der Waals surface area contributed by atoms with Gasteiger partial charge in [0.05, 0.1) is 16.6 Å². The molecule has 0 saturated heterocycles. The zero-order valence-electron chi connectivity index (χ0n) is 11.4. The minimum atomic E-state index is 0.227. The van der Waals surface area contributed by atoms with Crippen molar-refractivity contribution in [2.24, 2.45) is 11.8 Å². The Kier molecular flexibility index (Phi) is 5.09. The summed E-state index contributed by atoms with van der Waals surface area (Å²) < 4.78 is 4.10. The molecule has 0 bridgehead atoms. The lowest BCUT2D eigenvalue weighted by atomic mass is 9.84. The number of nitrogens with zero attached hydrogens (tertiary/aromatic N) is 2. The van der Waals surface area contributed by atoms with E-state index in [1.807, 2.05) is 0 Å². The van der Waals surface area contributed by atoms with Crippen LogP contribution in [0.2, 0.25) is 0 Å². The van der Waals surface area contributed by atoms with Crippen LogP contribution in [-0.2, 0) is 0 Å². The van der Waals surface area contributed by atoms with Crippen molar-refractivity contribution in [2.75, 3.05) is 0 Å². The minimum absolute atomic E-state index is 0.227. The second kappa shape index (κ2) is 6.59. The summed E-state index contributed by atoms with van der Waals surface area (Å²) in [4.78, 5) is 1.23. The summed E-state index contributed by atoms with van der Waals surface area (Å²) in [5, 5.41) is 4.25. The predicted molar refractivity (Wildman–Crippen MR) is 75.3 cm³/mol. The molecule has 2 rings (SSSR count). The van der Waals surface area contributed by atoms with Crippen LogP contribution < -0.4 is 11.3 Å². The third-order valence-corrected chi connectivity index (χ3v) is 4.75. The lowest BCUT2D eigenvalue weighted by Crippen LogP contribution is -2.30. The van der Waals surface area contributed by atoms with E-state index in [2.05, 4.69) is 28.9 Å². The van der Waals surface area contributed by atoms with Gasteiger partial charge in [-0.3, -0.25) is 11.3 Å². The molecule has 1 fully saturated rings. The van der Waals surface area contributed by atoms with Crippen molar-refractivity contribution in [2.45, 2.75) is 64.3 Å². The summed E-state index contributed by atoms with van der Waals surface area (Å²) >= 11 is 1.50. The third kappa shape index (κ3) is 3.28. The van der Waals surface area contributed by atoms with E-state index in [0.717, 1.165) is 18.0 Å². The molecule has 0 aliphatic heterocycles. The molecule has 0 aromatic carbocycles. The van der Waals surface area contributed by atoms with Gasteiger partial charge in [0.2, 0.25) is 0 Å². The first-order chi connectivity index (χ1) is 8.72. The highest BCUT2D eigenvalue weighted by Crippen LogP contribution is 2.34. The largest absolute Gasteiger partial charge is 0.271 e. The van der Waals surface area contributed by atoms with E-state index < -0.39 is 0 Å². The van der Waals surface area contributed by atoms with Gasteiger partial charge in [0.1, 0.15) is 0 Å². The van der Waals surface area contributed by atoms with E-state index in [0.29, 0.717) is 5.92 Å². The first-order valence-corrected chi connectivity index (χ1v) is 7.78. The molecule has 0 amide bonds. The molecular weight excluding hydrogens is 244 g/mol. The van der Waals surface area contributed by atoms with E-state index in [9.17, 15) is 0 Å². The van der Waals surface area contributed by atoms with Crippen molar-refractivity contribution in [1.29, 1.82) is 0 Å². The van der Waals surface area contributed by atoms with Crippen LogP contribution in [0.25, 0.3) is 0 Å². The van der Waals surface area contributed by atoms with Crippen molar-refractivity contribution in [3.63, 3.8) is 0 Å². The molecule has 1 heterocycles. The SMILES string of the molecule is CC(C)c1nnsc1C(CC1CCCCC1)NN. The van der Waals surface area contributed by atoms with Gasteiger partial charge in [-0.25, -0.2) is 0 Å². The van der Waals surface area contributed by atoms with Crippen LogP contribution in [0, 0.1) is 5.92 Å². The summed E-state index contributed by atoms with van der Waals surface area (Å²) in [7, 11) is 0. The molecule has 102 valence electrons. The topological polar surface area (TPSA) is 63.8 Å². The molecule has 1 saturated carbocycles. The first kappa shape index (κ1) is 13.9. The van der Waals surface area contributed by atoms with Crippen LogP contribution in [0.5, 0.6) is 0 Å². The van der Waals surface area contributed by atoms with Crippen molar-refractivity contribution in [3.05, 3.63) is 10.6 Å². The smallest absolute Gasteiger partial charge is 0.0829 e. The Morgan fingerprint density at radius 1 is 1.33 bits per heavy atom. The maximum Gasteiger partial charge on any atom is 0.0829 e. The summed E-state index contributed by atoms with van der Waals surface area (Å²) in [6, 6.07) is 0.227. The molecule has 1 aromatic heterocycles. The molecule has 0 radical (unpaired) electrons. The molecular formula is C13H24N4S. The fourth-order valence-electron chi connectivity index (χ4n) is 2.85. The van der Waals surface area contributed by atoms with Gasteiger partial charge in [-0.05, 0) is 29.8 Å². The molecule has 1 atom stereocenters. The Balaban J connectivity index is 2.05. The number of rotatable bonds is 5. The molecule has 5 heteroatoms. The number of hydrazine groups is 1. The maximum atomic E-state index is 5.75. The van der Waals surface area contributed by atoms with Gasteiger partial charge in [0, 0.05) is 0 Å². The first-order valence-electron chi connectivity index (χ1n) is 7.00. The zero-order chi connectivity index (χ0) is 13.0. The predicted octanol–water partition coefficient (Wildman–Crippen LogP) is 3.14. The molecule has 1 aliphatic rings. The van der Waals surface area contributed by atoms with Crippen molar-refractivity contribution < 1.29 is 0 Å². The highest BCUT2D eigenvalue weighted by Gasteiger charge is 2.24. The monoisotopic (exact) mass is 268 g/mol. The Hall–Kier alpha value is -0.520. The summed E-state index contributed by atoms with van der Waals surface area (Å²) in [5.74, 6) is 6.98. The van der Waals surface area contributed by atoms with Gasteiger partial charge in [-0.2, -0.15) is 0 Å². The number of nitrogens with one attached hydrogen (secondary N) is 1. The molecule has 4 nitrogen and oxygen atoms in total. The summed E-state index contributed by atoms with van der Waals surface area (Å²) in [5.41, 5.74) is 4.09. The van der Waals surface area contributed by atoms with Crippen LogP contribution in [0.3, 0.4) is 0 Å². The third-order valence-electron chi connectivity index (χ3n) is 3.90. The normalized spacial score (nSPS) is 19.3. The van der Waals surface area contributed by atoms with Crippen LogP contribution in [-0.4, -0.2) is 9.59 Å². The zero-order valence-corrected chi connectivity index (χ0v) is 12.2. The number of aromatic nitrogens is 2. The average molecular weight is 268 g/mol. The lowest BCUT2D eigenvalue weighted by Gasteiger charge is -2.26. The highest BCUT2D eigenvalue weighted by molar-refractivity contribution is 7.05. The highest BCUT2D eigenvalue weighted by atomic mass is 32.1. The van der Waals surface area contributed by atoms with Gasteiger partial charge in [0.15, 0.2) is 0 Å². The van der Waals surface area contributed by atoms with Gasteiger partial charge >= 0.3 is 0 Å². The number of nitrogens with two attached hydrogens (primary N) is 1. The molecule has 1 aromatic rings. The lowest BCUT2D eigenvalue weighted by molar-refractivity contribution is 0.302. The summed E-state index contributed by atoms with van der Waals surface area (Å²) in [6.45, 7) is 4.32. The van der Waals surface area contributed by atoms with Gasteiger partial charge in [0.25, 0.3) is 0 Å². The van der Waals surface area contributed by atoms with E-state index in [1.54, 1.807) is 0 Å². The standard InChI is InChI=1S/C13H24N4S/c1-9(2)12-13(18-17-16-12)11(15-14)8-10-6-4-3-5-7-10/h9-11,15H,3-8,14H2,1-2H3. The fourth-order valence-corrected chi connectivity index (χ4v) is 3.73. The van der Waals surface area contributed by atoms with E-state index in [4.69, 9.17) is 5.84 Å². The van der Waals surface area contributed by atoms with Crippen LogP contribution in [0.4, 0.5) is 0 Å². The quantitative estimate of drug-likeness (QED) is 0.636. The molecule has 1 aliphatic carbocycles. The maximum absolute atomic E-state index is 5.75. The van der Waals surface area contributed by atoms with E-state index >= 15 is 0 Å². The second-order valence-corrected chi connectivity index (χ2v) is 6.42. The minimum Gasteiger partial charge on any atom is -0.271 e. The fraction of sp³-hybridized carbons (Fsp3) is 0.846. The Bertz CT molecular complexity index is 358. The van der Waals surface area contributed by atoms with Crippen LogP contribution in [0.15, 0.2) is 0 Å².